The average Bonchev–Trinajstić information content (AvgIpc) is 2.99. The van der Waals surface area contributed by atoms with Gasteiger partial charge in [0, 0.05) is 12.6 Å². The van der Waals surface area contributed by atoms with Crippen molar-refractivity contribution in [2.45, 2.75) is 32.4 Å². The van der Waals surface area contributed by atoms with E-state index in [1.807, 2.05) is 6.92 Å². The molecule has 1 aliphatic rings. The molecular weight excluding hydrogens is 224 g/mol. The number of rotatable bonds is 3. The predicted molar refractivity (Wildman–Crippen MR) is 70.1 cm³/mol. The summed E-state index contributed by atoms with van der Waals surface area (Å²) in [5, 5.41) is 4.00. The molecule has 1 aromatic heterocycles. The van der Waals surface area contributed by atoms with Crippen LogP contribution in [-0.2, 0) is 6.54 Å². The van der Waals surface area contributed by atoms with Crippen molar-refractivity contribution in [2.24, 2.45) is 0 Å². The molecule has 1 aromatic carbocycles. The standard InChI is InChI=1S/C15H18N2O/c1-12-10-15(18-16-12)14-8-5-9-17(14)11-13-6-3-2-4-7-13/h2-4,6-7,10,14H,5,8-9,11H2,1H3. The largest absolute Gasteiger partial charge is 0.359 e. The zero-order chi connectivity index (χ0) is 12.4. The van der Waals surface area contributed by atoms with E-state index in [0.29, 0.717) is 6.04 Å². The third-order valence-electron chi connectivity index (χ3n) is 3.57. The van der Waals surface area contributed by atoms with E-state index < -0.39 is 0 Å². The molecule has 2 heterocycles. The molecule has 0 saturated carbocycles. The predicted octanol–water partition coefficient (Wildman–Crippen LogP) is 3.32. The van der Waals surface area contributed by atoms with Gasteiger partial charge < -0.3 is 4.52 Å². The van der Waals surface area contributed by atoms with Gasteiger partial charge in [-0.1, -0.05) is 35.5 Å². The van der Waals surface area contributed by atoms with Crippen LogP contribution in [0.25, 0.3) is 0 Å². The van der Waals surface area contributed by atoms with Crippen LogP contribution in [0.3, 0.4) is 0 Å². The Bertz CT molecular complexity index is 506. The lowest BCUT2D eigenvalue weighted by Gasteiger charge is -2.22. The Morgan fingerprint density at radius 3 is 2.89 bits per heavy atom. The Balaban J connectivity index is 1.75. The summed E-state index contributed by atoms with van der Waals surface area (Å²) in [4.78, 5) is 2.48. The maximum Gasteiger partial charge on any atom is 0.154 e. The summed E-state index contributed by atoms with van der Waals surface area (Å²) in [6, 6.07) is 13.1. The fourth-order valence-corrected chi connectivity index (χ4v) is 2.70. The Labute approximate surface area is 107 Å². The zero-order valence-electron chi connectivity index (χ0n) is 10.7. The van der Waals surface area contributed by atoms with Crippen LogP contribution in [0.2, 0.25) is 0 Å². The van der Waals surface area contributed by atoms with Crippen LogP contribution in [0, 0.1) is 6.92 Å². The van der Waals surface area contributed by atoms with Crippen molar-refractivity contribution in [1.29, 1.82) is 0 Å². The van der Waals surface area contributed by atoms with Crippen molar-refractivity contribution in [1.82, 2.24) is 10.1 Å². The fraction of sp³-hybridized carbons (Fsp3) is 0.400. The minimum Gasteiger partial charge on any atom is -0.359 e. The van der Waals surface area contributed by atoms with Gasteiger partial charge in [0.2, 0.25) is 0 Å². The van der Waals surface area contributed by atoms with Crippen molar-refractivity contribution in [3.05, 3.63) is 53.4 Å². The first-order valence-corrected chi connectivity index (χ1v) is 6.54. The monoisotopic (exact) mass is 242 g/mol. The van der Waals surface area contributed by atoms with E-state index in [1.54, 1.807) is 0 Å². The van der Waals surface area contributed by atoms with Crippen molar-refractivity contribution >= 4 is 0 Å². The summed E-state index contributed by atoms with van der Waals surface area (Å²) in [5.74, 6) is 1.01. The molecule has 1 fully saturated rings. The zero-order valence-corrected chi connectivity index (χ0v) is 10.7. The summed E-state index contributed by atoms with van der Waals surface area (Å²) in [6.07, 6.45) is 2.40. The van der Waals surface area contributed by atoms with Crippen LogP contribution in [-0.4, -0.2) is 16.6 Å². The number of benzene rings is 1. The van der Waals surface area contributed by atoms with E-state index >= 15 is 0 Å². The van der Waals surface area contributed by atoms with Crippen LogP contribution in [0.5, 0.6) is 0 Å². The smallest absolute Gasteiger partial charge is 0.154 e. The summed E-state index contributed by atoms with van der Waals surface area (Å²) >= 11 is 0. The summed E-state index contributed by atoms with van der Waals surface area (Å²) in [6.45, 7) is 4.11. The Morgan fingerprint density at radius 1 is 1.33 bits per heavy atom. The number of aromatic nitrogens is 1. The number of hydrogen-bond acceptors (Lipinski definition) is 3. The van der Waals surface area contributed by atoms with Crippen LogP contribution in [0.1, 0.15) is 35.9 Å². The molecule has 2 aromatic rings. The molecular formula is C15H18N2O. The first-order valence-electron chi connectivity index (χ1n) is 6.54. The second-order valence-corrected chi connectivity index (χ2v) is 4.98. The lowest BCUT2D eigenvalue weighted by atomic mass is 10.1. The molecule has 3 rings (SSSR count). The molecule has 0 bridgehead atoms. The fourth-order valence-electron chi connectivity index (χ4n) is 2.70. The molecule has 0 N–H and O–H groups in total. The molecule has 1 aliphatic heterocycles. The third kappa shape index (κ3) is 2.31. The van der Waals surface area contributed by atoms with Gasteiger partial charge in [-0.2, -0.15) is 0 Å². The van der Waals surface area contributed by atoms with Gasteiger partial charge in [0.1, 0.15) is 0 Å². The second-order valence-electron chi connectivity index (χ2n) is 4.98. The molecule has 18 heavy (non-hydrogen) atoms. The van der Waals surface area contributed by atoms with E-state index in [1.165, 1.54) is 18.4 Å². The van der Waals surface area contributed by atoms with Crippen molar-refractivity contribution < 1.29 is 4.52 Å². The summed E-state index contributed by atoms with van der Waals surface area (Å²) in [7, 11) is 0. The van der Waals surface area contributed by atoms with E-state index in [2.05, 4.69) is 46.5 Å². The van der Waals surface area contributed by atoms with Crippen LogP contribution in [0.15, 0.2) is 40.9 Å². The van der Waals surface area contributed by atoms with E-state index in [9.17, 15) is 0 Å². The highest BCUT2D eigenvalue weighted by Crippen LogP contribution is 2.33. The topological polar surface area (TPSA) is 29.3 Å². The number of likely N-dealkylation sites (tertiary alicyclic amines) is 1. The molecule has 3 nitrogen and oxygen atoms in total. The van der Waals surface area contributed by atoms with Crippen LogP contribution in [0.4, 0.5) is 0 Å². The van der Waals surface area contributed by atoms with Gasteiger partial charge in [0.05, 0.1) is 11.7 Å². The Hall–Kier alpha value is -1.61. The lowest BCUT2D eigenvalue weighted by Crippen LogP contribution is -2.22. The van der Waals surface area contributed by atoms with Gasteiger partial charge in [0.25, 0.3) is 0 Å². The van der Waals surface area contributed by atoms with Crippen molar-refractivity contribution in [3.8, 4) is 0 Å². The van der Waals surface area contributed by atoms with E-state index in [0.717, 1.165) is 24.5 Å². The lowest BCUT2D eigenvalue weighted by molar-refractivity contribution is 0.206. The first-order chi connectivity index (χ1) is 8.83. The molecule has 1 unspecified atom stereocenters. The highest BCUT2D eigenvalue weighted by Gasteiger charge is 2.28. The molecule has 0 radical (unpaired) electrons. The molecule has 94 valence electrons. The highest BCUT2D eigenvalue weighted by atomic mass is 16.5. The van der Waals surface area contributed by atoms with E-state index in [-0.39, 0.29) is 0 Å². The van der Waals surface area contributed by atoms with Gasteiger partial charge in [-0.3, -0.25) is 4.90 Å². The highest BCUT2D eigenvalue weighted by molar-refractivity contribution is 5.16. The normalized spacial score (nSPS) is 20.4. The van der Waals surface area contributed by atoms with Gasteiger partial charge in [0.15, 0.2) is 5.76 Å². The van der Waals surface area contributed by atoms with Crippen molar-refractivity contribution in [3.63, 3.8) is 0 Å². The molecule has 0 aliphatic carbocycles. The first kappa shape index (κ1) is 11.5. The van der Waals surface area contributed by atoms with Gasteiger partial charge in [-0.05, 0) is 31.9 Å². The second kappa shape index (κ2) is 4.94. The Morgan fingerprint density at radius 2 is 2.17 bits per heavy atom. The quantitative estimate of drug-likeness (QED) is 0.826. The number of nitrogens with zero attached hydrogens (tertiary/aromatic N) is 2. The minimum atomic E-state index is 0.395. The minimum absolute atomic E-state index is 0.395. The maximum absolute atomic E-state index is 5.42. The van der Waals surface area contributed by atoms with Crippen LogP contribution < -0.4 is 0 Å². The summed E-state index contributed by atoms with van der Waals surface area (Å²) in [5.41, 5.74) is 2.33. The van der Waals surface area contributed by atoms with Crippen LogP contribution >= 0.6 is 0 Å². The molecule has 3 heteroatoms. The van der Waals surface area contributed by atoms with Gasteiger partial charge >= 0.3 is 0 Å². The SMILES string of the molecule is Cc1cc(C2CCCN2Cc2ccccc2)on1. The van der Waals surface area contributed by atoms with Gasteiger partial charge in [-0.25, -0.2) is 0 Å². The molecule has 0 spiro atoms. The number of hydrogen-bond donors (Lipinski definition) is 0. The number of aryl methyl sites for hydroxylation is 1. The summed E-state index contributed by atoms with van der Waals surface area (Å²) < 4.78 is 5.42. The maximum atomic E-state index is 5.42. The molecule has 1 saturated heterocycles. The van der Waals surface area contributed by atoms with Crippen molar-refractivity contribution in [2.75, 3.05) is 6.54 Å². The third-order valence-corrected chi connectivity index (χ3v) is 3.57. The average molecular weight is 242 g/mol. The Kier molecular flexibility index (Phi) is 3.15. The van der Waals surface area contributed by atoms with E-state index in [4.69, 9.17) is 4.52 Å². The van der Waals surface area contributed by atoms with Gasteiger partial charge in [-0.15, -0.1) is 0 Å². The molecule has 0 amide bonds. The molecule has 1 atom stereocenters.